The summed E-state index contributed by atoms with van der Waals surface area (Å²) >= 11 is 0. The second kappa shape index (κ2) is 7.31. The zero-order valence-electron chi connectivity index (χ0n) is 15.9. The number of nitrogens with zero attached hydrogens (tertiary/aromatic N) is 4. The van der Waals surface area contributed by atoms with Gasteiger partial charge in [-0.1, -0.05) is 24.6 Å². The molecule has 0 bridgehead atoms. The first-order valence-electron chi connectivity index (χ1n) is 9.84. The quantitative estimate of drug-likeness (QED) is 0.633. The minimum absolute atomic E-state index is 0.0935. The number of hydrogen-bond donors (Lipinski definition) is 0. The van der Waals surface area contributed by atoms with Crippen molar-refractivity contribution >= 4 is 15.7 Å². The van der Waals surface area contributed by atoms with E-state index in [2.05, 4.69) is 15.1 Å². The molecule has 152 valence electrons. The van der Waals surface area contributed by atoms with E-state index in [-0.39, 0.29) is 5.09 Å². The van der Waals surface area contributed by atoms with Gasteiger partial charge in [0.25, 0.3) is 15.9 Å². The molecule has 0 N–H and O–H groups in total. The van der Waals surface area contributed by atoms with Crippen molar-refractivity contribution in [1.29, 1.82) is 0 Å². The fraction of sp³-hybridized carbons (Fsp3) is 0.400. The van der Waals surface area contributed by atoms with Gasteiger partial charge < -0.3 is 13.7 Å². The largest absolute Gasteiger partial charge is 0.451 e. The topological polar surface area (TPSA) is 92.7 Å². The number of hydrogen-bond acceptors (Lipinski definition) is 7. The molecule has 2 aliphatic rings. The fourth-order valence-electron chi connectivity index (χ4n) is 3.69. The van der Waals surface area contributed by atoms with E-state index >= 15 is 0 Å². The molecular formula is C20H22N4O4S. The Balaban J connectivity index is 1.29. The van der Waals surface area contributed by atoms with Crippen molar-refractivity contribution < 1.29 is 17.3 Å². The first kappa shape index (κ1) is 18.4. The SMILES string of the molecule is O=S(=O)(c1cc(-c2nnc(C3CCC3)o2)co1)N1CCN(c2ccccc2)CC1. The first-order valence-corrected chi connectivity index (χ1v) is 11.3. The van der Waals surface area contributed by atoms with Crippen LogP contribution in [0.3, 0.4) is 0 Å². The van der Waals surface area contributed by atoms with Crippen LogP contribution in [0.2, 0.25) is 0 Å². The summed E-state index contributed by atoms with van der Waals surface area (Å²) in [4.78, 5) is 2.18. The van der Waals surface area contributed by atoms with Crippen LogP contribution < -0.4 is 4.90 Å². The summed E-state index contributed by atoms with van der Waals surface area (Å²) in [5.41, 5.74) is 1.59. The van der Waals surface area contributed by atoms with Gasteiger partial charge in [-0.05, 0) is 25.0 Å². The standard InChI is InChI=1S/C20H22N4O4S/c25-29(26,24-11-9-23(10-12-24)17-7-2-1-3-8-17)18-13-16(14-27-18)20-22-21-19(28-20)15-5-4-6-15/h1-3,7-8,13-15H,4-6,9-12H2. The number of anilines is 1. The molecule has 3 aromatic rings. The number of piperazine rings is 1. The van der Waals surface area contributed by atoms with Crippen molar-refractivity contribution in [3.05, 3.63) is 48.6 Å². The lowest BCUT2D eigenvalue weighted by molar-refractivity contribution is 0.338. The smallest absolute Gasteiger partial charge is 0.276 e. The maximum atomic E-state index is 13.0. The Morgan fingerprint density at radius 1 is 1.00 bits per heavy atom. The second-order valence-corrected chi connectivity index (χ2v) is 9.32. The van der Waals surface area contributed by atoms with Crippen LogP contribution >= 0.6 is 0 Å². The molecule has 5 rings (SSSR count). The van der Waals surface area contributed by atoms with Crippen LogP contribution in [-0.2, 0) is 10.0 Å². The van der Waals surface area contributed by atoms with E-state index in [1.54, 1.807) is 0 Å². The van der Waals surface area contributed by atoms with Gasteiger partial charge in [-0.25, -0.2) is 8.42 Å². The van der Waals surface area contributed by atoms with E-state index in [9.17, 15) is 8.42 Å². The molecule has 0 spiro atoms. The normalized spacial score (nSPS) is 18.7. The predicted molar refractivity (Wildman–Crippen MR) is 106 cm³/mol. The van der Waals surface area contributed by atoms with Gasteiger partial charge in [0.2, 0.25) is 11.0 Å². The zero-order valence-corrected chi connectivity index (χ0v) is 16.7. The van der Waals surface area contributed by atoms with Crippen molar-refractivity contribution in [3.63, 3.8) is 0 Å². The third-order valence-electron chi connectivity index (χ3n) is 5.67. The molecule has 0 atom stereocenters. The third kappa shape index (κ3) is 3.44. The van der Waals surface area contributed by atoms with Crippen LogP contribution in [0, 0.1) is 0 Å². The molecule has 3 heterocycles. The van der Waals surface area contributed by atoms with E-state index in [4.69, 9.17) is 8.83 Å². The highest BCUT2D eigenvalue weighted by atomic mass is 32.2. The van der Waals surface area contributed by atoms with Gasteiger partial charge in [0, 0.05) is 43.9 Å². The second-order valence-electron chi connectivity index (χ2n) is 7.45. The lowest BCUT2D eigenvalue weighted by atomic mass is 9.85. The van der Waals surface area contributed by atoms with Gasteiger partial charge in [-0.3, -0.25) is 0 Å². The Morgan fingerprint density at radius 3 is 2.45 bits per heavy atom. The van der Waals surface area contributed by atoms with Crippen LogP contribution in [0.1, 0.15) is 31.1 Å². The number of furan rings is 1. The van der Waals surface area contributed by atoms with Gasteiger partial charge in [0.15, 0.2) is 0 Å². The summed E-state index contributed by atoms with van der Waals surface area (Å²) in [6.07, 6.45) is 4.66. The van der Waals surface area contributed by atoms with Crippen molar-refractivity contribution in [3.8, 4) is 11.5 Å². The zero-order chi connectivity index (χ0) is 19.8. The van der Waals surface area contributed by atoms with Gasteiger partial charge in [-0.15, -0.1) is 10.2 Å². The summed E-state index contributed by atoms with van der Waals surface area (Å²) in [6, 6.07) is 11.5. The molecule has 2 aromatic heterocycles. The number of para-hydroxylation sites is 1. The highest BCUT2D eigenvalue weighted by molar-refractivity contribution is 7.89. The lowest BCUT2D eigenvalue weighted by Gasteiger charge is -2.34. The van der Waals surface area contributed by atoms with Crippen LogP contribution in [0.4, 0.5) is 5.69 Å². The number of sulfonamides is 1. The van der Waals surface area contributed by atoms with Crippen LogP contribution in [0.25, 0.3) is 11.5 Å². The van der Waals surface area contributed by atoms with E-state index in [0.717, 1.165) is 18.5 Å². The van der Waals surface area contributed by atoms with Crippen molar-refractivity contribution in [1.82, 2.24) is 14.5 Å². The van der Waals surface area contributed by atoms with Gasteiger partial charge in [0.05, 0.1) is 5.56 Å². The van der Waals surface area contributed by atoms with Crippen LogP contribution in [-0.4, -0.2) is 49.1 Å². The Labute approximate surface area is 169 Å². The lowest BCUT2D eigenvalue weighted by Crippen LogP contribution is -2.48. The molecule has 29 heavy (non-hydrogen) atoms. The van der Waals surface area contributed by atoms with Crippen molar-refractivity contribution in [2.24, 2.45) is 0 Å². The molecule has 8 nitrogen and oxygen atoms in total. The molecule has 1 aliphatic heterocycles. The molecule has 1 saturated heterocycles. The molecule has 9 heteroatoms. The highest BCUT2D eigenvalue weighted by Crippen LogP contribution is 2.37. The molecule has 1 aliphatic carbocycles. The summed E-state index contributed by atoms with van der Waals surface area (Å²) < 4.78 is 38.5. The number of aromatic nitrogens is 2. The summed E-state index contributed by atoms with van der Waals surface area (Å²) in [7, 11) is -3.71. The van der Waals surface area contributed by atoms with Crippen molar-refractivity contribution in [2.45, 2.75) is 30.3 Å². The van der Waals surface area contributed by atoms with Crippen LogP contribution in [0.15, 0.2) is 56.6 Å². The molecule has 2 fully saturated rings. The highest BCUT2D eigenvalue weighted by Gasteiger charge is 2.32. The summed E-state index contributed by atoms with van der Waals surface area (Å²) in [5, 5.41) is 8.04. The van der Waals surface area contributed by atoms with E-state index in [0.29, 0.717) is 49.4 Å². The molecule has 0 unspecified atom stereocenters. The summed E-state index contributed by atoms with van der Waals surface area (Å²) in [5.74, 6) is 1.24. The Bertz CT molecular complexity index is 1080. The van der Waals surface area contributed by atoms with E-state index in [1.807, 2.05) is 30.3 Å². The Morgan fingerprint density at radius 2 is 1.76 bits per heavy atom. The molecular weight excluding hydrogens is 392 g/mol. The molecule has 1 saturated carbocycles. The minimum Gasteiger partial charge on any atom is -0.451 e. The average Bonchev–Trinajstić information content (AvgIpc) is 3.38. The summed E-state index contributed by atoms with van der Waals surface area (Å²) in [6.45, 7) is 2.07. The van der Waals surface area contributed by atoms with Gasteiger partial charge in [0.1, 0.15) is 6.26 Å². The maximum absolute atomic E-state index is 13.0. The molecule has 1 aromatic carbocycles. The monoisotopic (exact) mass is 414 g/mol. The van der Waals surface area contributed by atoms with Gasteiger partial charge in [-0.2, -0.15) is 4.31 Å². The number of rotatable bonds is 5. The van der Waals surface area contributed by atoms with E-state index < -0.39 is 10.0 Å². The predicted octanol–water partition coefficient (Wildman–Crippen LogP) is 3.11. The Kier molecular flexibility index (Phi) is 4.63. The average molecular weight is 414 g/mol. The van der Waals surface area contributed by atoms with E-state index in [1.165, 1.54) is 23.1 Å². The maximum Gasteiger partial charge on any atom is 0.276 e. The molecule has 0 radical (unpaired) electrons. The minimum atomic E-state index is -3.71. The van der Waals surface area contributed by atoms with Gasteiger partial charge >= 0.3 is 0 Å². The molecule has 0 amide bonds. The van der Waals surface area contributed by atoms with Crippen LogP contribution in [0.5, 0.6) is 0 Å². The van der Waals surface area contributed by atoms with Crippen molar-refractivity contribution in [2.75, 3.05) is 31.1 Å². The fourth-order valence-corrected chi connectivity index (χ4v) is 5.03. The third-order valence-corrected chi connectivity index (χ3v) is 7.44. The number of benzene rings is 1. The Hall–Kier alpha value is -2.65. The first-order chi connectivity index (χ1) is 14.1.